The Bertz CT molecular complexity index is 616. The molecule has 3 heterocycles. The van der Waals surface area contributed by atoms with Crippen LogP contribution in [0.2, 0.25) is 5.02 Å². The van der Waals surface area contributed by atoms with Gasteiger partial charge in [0, 0.05) is 32.4 Å². The van der Waals surface area contributed by atoms with Crippen molar-refractivity contribution in [1.82, 2.24) is 19.5 Å². The molecule has 1 atom stereocenters. The van der Waals surface area contributed by atoms with Crippen LogP contribution in [0.15, 0.2) is 12.3 Å². The number of piperazine rings is 1. The molecule has 0 N–H and O–H groups in total. The fourth-order valence-electron chi connectivity index (χ4n) is 2.48. The minimum Gasteiger partial charge on any atom is -0.307 e. The minimum absolute atomic E-state index is 0.178. The molecule has 1 saturated heterocycles. The van der Waals surface area contributed by atoms with E-state index in [4.69, 9.17) is 23.2 Å². The van der Waals surface area contributed by atoms with Crippen LogP contribution in [0.25, 0.3) is 11.2 Å². The molecule has 20 heavy (non-hydrogen) atoms. The molecule has 108 valence electrons. The molecule has 0 amide bonds. The van der Waals surface area contributed by atoms with Gasteiger partial charge in [0.05, 0.1) is 10.4 Å². The van der Waals surface area contributed by atoms with Crippen LogP contribution in [0.5, 0.6) is 0 Å². The molecule has 2 aromatic rings. The Morgan fingerprint density at radius 1 is 1.25 bits per heavy atom. The SMILES string of the molecule is CC(Cl)c1nc2cc(Cl)cnc2n1N1CCN(C)CC1. The fourth-order valence-corrected chi connectivity index (χ4v) is 2.77. The fraction of sp³-hybridized carbons (Fsp3) is 0.538. The zero-order valence-corrected chi connectivity index (χ0v) is 13.1. The topological polar surface area (TPSA) is 37.2 Å². The molecular formula is C13H17Cl2N5. The number of halogens is 2. The highest BCUT2D eigenvalue weighted by molar-refractivity contribution is 6.31. The van der Waals surface area contributed by atoms with Crippen molar-refractivity contribution in [2.75, 3.05) is 38.2 Å². The highest BCUT2D eigenvalue weighted by Gasteiger charge is 2.23. The van der Waals surface area contributed by atoms with E-state index in [1.165, 1.54) is 0 Å². The Labute approximate surface area is 128 Å². The Hall–Kier alpha value is -1.04. The number of pyridine rings is 1. The normalized spacial score (nSPS) is 18.7. The lowest BCUT2D eigenvalue weighted by Crippen LogP contribution is -2.50. The van der Waals surface area contributed by atoms with Crippen LogP contribution in [0, 0.1) is 0 Å². The van der Waals surface area contributed by atoms with Crippen LogP contribution in [0.3, 0.4) is 0 Å². The van der Waals surface area contributed by atoms with E-state index >= 15 is 0 Å². The standard InChI is InChI=1S/C13H17Cl2N5/c1-9(14)12-17-11-7-10(15)8-16-13(11)20(12)19-5-3-18(2)4-6-19/h7-9H,3-6H2,1-2H3. The number of imidazole rings is 1. The largest absolute Gasteiger partial charge is 0.307 e. The van der Waals surface area contributed by atoms with Crippen LogP contribution in [-0.4, -0.2) is 52.8 Å². The van der Waals surface area contributed by atoms with Crippen LogP contribution < -0.4 is 5.01 Å². The first-order valence-electron chi connectivity index (χ1n) is 6.68. The molecule has 1 fully saturated rings. The van der Waals surface area contributed by atoms with E-state index < -0.39 is 0 Å². The van der Waals surface area contributed by atoms with E-state index in [0.717, 1.165) is 43.2 Å². The van der Waals surface area contributed by atoms with Crippen molar-refractivity contribution in [2.24, 2.45) is 0 Å². The van der Waals surface area contributed by atoms with Gasteiger partial charge in [-0.15, -0.1) is 11.6 Å². The lowest BCUT2D eigenvalue weighted by atomic mass is 10.4. The van der Waals surface area contributed by atoms with Crippen LogP contribution >= 0.6 is 23.2 Å². The van der Waals surface area contributed by atoms with Gasteiger partial charge in [-0.1, -0.05) is 11.6 Å². The van der Waals surface area contributed by atoms with Crippen molar-refractivity contribution < 1.29 is 0 Å². The zero-order valence-electron chi connectivity index (χ0n) is 11.6. The summed E-state index contributed by atoms with van der Waals surface area (Å²) in [7, 11) is 2.13. The number of likely N-dealkylation sites (N-methyl/N-ethyl adjacent to an activating group) is 1. The molecule has 0 aromatic carbocycles. The maximum absolute atomic E-state index is 6.29. The summed E-state index contributed by atoms with van der Waals surface area (Å²) >= 11 is 12.3. The molecule has 0 spiro atoms. The van der Waals surface area contributed by atoms with Crippen LogP contribution in [0.1, 0.15) is 18.1 Å². The van der Waals surface area contributed by atoms with Gasteiger partial charge in [0.1, 0.15) is 11.3 Å². The molecule has 3 rings (SSSR count). The predicted molar refractivity (Wildman–Crippen MR) is 82.3 cm³/mol. The summed E-state index contributed by atoms with van der Waals surface area (Å²) in [6, 6.07) is 1.83. The molecule has 0 radical (unpaired) electrons. The molecular weight excluding hydrogens is 297 g/mol. The second-order valence-electron chi connectivity index (χ2n) is 5.15. The number of alkyl halides is 1. The number of aromatic nitrogens is 3. The third-order valence-corrected chi connectivity index (χ3v) is 3.99. The molecule has 5 nitrogen and oxygen atoms in total. The Balaban J connectivity index is 2.09. The number of fused-ring (bicyclic) bond motifs is 1. The smallest absolute Gasteiger partial charge is 0.179 e. The number of rotatable bonds is 2. The summed E-state index contributed by atoms with van der Waals surface area (Å²) in [4.78, 5) is 11.3. The van der Waals surface area contributed by atoms with Crippen LogP contribution in [0.4, 0.5) is 0 Å². The summed E-state index contributed by atoms with van der Waals surface area (Å²) in [5, 5.41) is 2.67. The van der Waals surface area contributed by atoms with Gasteiger partial charge >= 0.3 is 0 Å². The molecule has 1 unspecified atom stereocenters. The van der Waals surface area contributed by atoms with Crippen molar-refractivity contribution in [1.29, 1.82) is 0 Å². The van der Waals surface area contributed by atoms with E-state index in [1.807, 2.05) is 13.0 Å². The van der Waals surface area contributed by atoms with E-state index in [9.17, 15) is 0 Å². The molecule has 0 bridgehead atoms. The van der Waals surface area contributed by atoms with Crippen LogP contribution in [-0.2, 0) is 0 Å². The van der Waals surface area contributed by atoms with Crippen molar-refractivity contribution >= 4 is 34.4 Å². The van der Waals surface area contributed by atoms with Gasteiger partial charge in [-0.2, -0.15) is 0 Å². The summed E-state index contributed by atoms with van der Waals surface area (Å²) < 4.78 is 2.05. The van der Waals surface area contributed by atoms with Gasteiger partial charge in [-0.05, 0) is 20.0 Å². The first-order chi connectivity index (χ1) is 9.56. The maximum Gasteiger partial charge on any atom is 0.179 e. The second kappa shape index (κ2) is 5.39. The number of hydrogen-bond acceptors (Lipinski definition) is 4. The average molecular weight is 314 g/mol. The first-order valence-corrected chi connectivity index (χ1v) is 7.49. The molecule has 1 aliphatic rings. The van der Waals surface area contributed by atoms with E-state index in [2.05, 4.69) is 31.6 Å². The Morgan fingerprint density at radius 2 is 1.95 bits per heavy atom. The molecule has 1 aliphatic heterocycles. The van der Waals surface area contributed by atoms with Crippen molar-refractivity contribution in [3.05, 3.63) is 23.1 Å². The van der Waals surface area contributed by atoms with Gasteiger partial charge in [0.15, 0.2) is 5.65 Å². The van der Waals surface area contributed by atoms with Gasteiger partial charge in [-0.25, -0.2) is 14.6 Å². The van der Waals surface area contributed by atoms with Crippen molar-refractivity contribution in [3.63, 3.8) is 0 Å². The number of nitrogens with zero attached hydrogens (tertiary/aromatic N) is 5. The highest BCUT2D eigenvalue weighted by atomic mass is 35.5. The maximum atomic E-state index is 6.29. The van der Waals surface area contributed by atoms with Crippen molar-refractivity contribution in [2.45, 2.75) is 12.3 Å². The van der Waals surface area contributed by atoms with Gasteiger partial charge in [0.2, 0.25) is 0 Å². The number of hydrogen-bond donors (Lipinski definition) is 0. The summed E-state index contributed by atoms with van der Waals surface area (Å²) in [6.07, 6.45) is 1.65. The Kier molecular flexibility index (Phi) is 3.75. The van der Waals surface area contributed by atoms with E-state index in [0.29, 0.717) is 5.02 Å². The minimum atomic E-state index is -0.178. The quantitative estimate of drug-likeness (QED) is 0.797. The summed E-state index contributed by atoms with van der Waals surface area (Å²) in [5.41, 5.74) is 1.61. The van der Waals surface area contributed by atoms with Gasteiger partial charge in [0.25, 0.3) is 0 Å². The zero-order chi connectivity index (χ0) is 14.3. The van der Waals surface area contributed by atoms with Crippen molar-refractivity contribution in [3.8, 4) is 0 Å². The lowest BCUT2D eigenvalue weighted by Gasteiger charge is -2.35. The molecule has 0 saturated carbocycles. The van der Waals surface area contributed by atoms with Gasteiger partial charge < -0.3 is 9.91 Å². The Morgan fingerprint density at radius 3 is 2.60 bits per heavy atom. The van der Waals surface area contributed by atoms with Gasteiger partial charge in [-0.3, -0.25) is 0 Å². The molecule has 0 aliphatic carbocycles. The third kappa shape index (κ3) is 2.45. The summed E-state index contributed by atoms with van der Waals surface area (Å²) in [6.45, 7) is 5.83. The first kappa shape index (κ1) is 13.9. The van der Waals surface area contributed by atoms with E-state index in [1.54, 1.807) is 6.20 Å². The lowest BCUT2D eigenvalue weighted by molar-refractivity contribution is 0.287. The molecule has 2 aromatic heterocycles. The summed E-state index contributed by atoms with van der Waals surface area (Å²) in [5.74, 6) is 0.820. The predicted octanol–water partition coefficient (Wildman–Crippen LogP) is 2.27. The second-order valence-corrected chi connectivity index (χ2v) is 6.24. The molecule has 7 heteroatoms. The highest BCUT2D eigenvalue weighted by Crippen LogP contribution is 2.25. The average Bonchev–Trinajstić information content (AvgIpc) is 2.78. The third-order valence-electron chi connectivity index (χ3n) is 3.58. The van der Waals surface area contributed by atoms with E-state index in [-0.39, 0.29) is 5.38 Å². The monoisotopic (exact) mass is 313 g/mol.